The zero-order valence-electron chi connectivity index (χ0n) is 5.53. The summed E-state index contributed by atoms with van der Waals surface area (Å²) in [5.41, 5.74) is 0. The molecule has 56 valence electrons. The zero-order chi connectivity index (χ0) is 4.12. The molecule has 0 spiro atoms. The van der Waals surface area contributed by atoms with Gasteiger partial charge in [0.15, 0.2) is 0 Å². The smallest absolute Gasteiger partial charge is 1.00 e. The summed E-state index contributed by atoms with van der Waals surface area (Å²) in [7, 11) is 0. The summed E-state index contributed by atoms with van der Waals surface area (Å²) in [5, 5.41) is 0. The Morgan fingerprint density at radius 2 is 1.11 bits per heavy atom. The molecule has 0 fully saturated rings. The van der Waals surface area contributed by atoms with Crippen LogP contribution in [0.4, 0.5) is 0 Å². The Balaban J connectivity index is -0.0000000133. The molecule has 0 unspecified atom stereocenters. The number of hydrogen-bond acceptors (Lipinski definition) is 1. The summed E-state index contributed by atoms with van der Waals surface area (Å²) in [6.07, 6.45) is 0. The van der Waals surface area contributed by atoms with Gasteiger partial charge in [-0.15, -0.1) is 0 Å². The first-order valence-electron chi connectivity index (χ1n) is 1.99. The molecule has 0 heterocycles. The standard InChI is InChI=1S/C4H10O.3ClH.Ga/c1-3-5-4-2;;;;/h3-4H2,1-2H3;3*1H;/q;;;;+3/p-3. The van der Waals surface area contributed by atoms with Crippen molar-refractivity contribution in [2.45, 2.75) is 13.8 Å². The van der Waals surface area contributed by atoms with Crippen molar-refractivity contribution in [3.63, 3.8) is 0 Å². The monoisotopic (exact) mass is 248 g/mol. The van der Waals surface area contributed by atoms with Crippen LogP contribution >= 0.6 is 0 Å². The molecule has 0 aliphatic carbocycles. The van der Waals surface area contributed by atoms with Gasteiger partial charge in [0.25, 0.3) is 0 Å². The van der Waals surface area contributed by atoms with E-state index in [0.29, 0.717) is 0 Å². The van der Waals surface area contributed by atoms with E-state index < -0.39 is 0 Å². The molecular weight excluding hydrogens is 240 g/mol. The largest absolute Gasteiger partial charge is 3.00 e. The third-order valence-electron chi connectivity index (χ3n) is 0.408. The molecule has 0 saturated carbocycles. The first kappa shape index (κ1) is 31.4. The van der Waals surface area contributed by atoms with E-state index in [9.17, 15) is 0 Å². The van der Waals surface area contributed by atoms with Gasteiger partial charge in [-0.2, -0.15) is 0 Å². The van der Waals surface area contributed by atoms with Crippen LogP contribution < -0.4 is 37.2 Å². The summed E-state index contributed by atoms with van der Waals surface area (Å²) >= 11 is 0. The summed E-state index contributed by atoms with van der Waals surface area (Å²) < 4.78 is 4.83. The molecule has 9 heavy (non-hydrogen) atoms. The predicted molar refractivity (Wildman–Crippen MR) is 27.9 cm³/mol. The minimum Gasteiger partial charge on any atom is -1.00 e. The van der Waals surface area contributed by atoms with Crippen molar-refractivity contribution in [3.8, 4) is 0 Å². The second-order valence-corrected chi connectivity index (χ2v) is 0.781. The van der Waals surface area contributed by atoms with Crippen molar-refractivity contribution in [3.05, 3.63) is 0 Å². The van der Waals surface area contributed by atoms with Crippen molar-refractivity contribution < 1.29 is 42.0 Å². The van der Waals surface area contributed by atoms with Gasteiger partial charge in [0.2, 0.25) is 0 Å². The molecule has 0 atom stereocenters. The Labute approximate surface area is 88.6 Å². The van der Waals surface area contributed by atoms with Gasteiger partial charge in [0.1, 0.15) is 0 Å². The quantitative estimate of drug-likeness (QED) is 0.442. The van der Waals surface area contributed by atoms with E-state index in [2.05, 4.69) is 0 Å². The molecule has 0 N–H and O–H groups in total. The van der Waals surface area contributed by atoms with Crippen LogP contribution in [0.15, 0.2) is 0 Å². The SMILES string of the molecule is CCOCC.[Cl-].[Cl-].[Cl-].[Ga+3]. The number of rotatable bonds is 2. The van der Waals surface area contributed by atoms with Crippen LogP contribution in [-0.4, -0.2) is 33.0 Å². The summed E-state index contributed by atoms with van der Waals surface area (Å²) in [6, 6.07) is 0. The maximum absolute atomic E-state index is 4.83. The molecule has 0 aliphatic rings. The second kappa shape index (κ2) is 34.0. The van der Waals surface area contributed by atoms with Crippen molar-refractivity contribution in [2.24, 2.45) is 0 Å². The van der Waals surface area contributed by atoms with Crippen LogP contribution in [0.25, 0.3) is 0 Å². The molecule has 0 saturated heterocycles. The van der Waals surface area contributed by atoms with Crippen LogP contribution in [0.2, 0.25) is 0 Å². The minimum atomic E-state index is 0. The van der Waals surface area contributed by atoms with Crippen molar-refractivity contribution >= 4 is 19.8 Å². The molecule has 0 bridgehead atoms. The molecule has 0 aromatic heterocycles. The first-order chi connectivity index (χ1) is 2.41. The van der Waals surface area contributed by atoms with Crippen LogP contribution in [0.1, 0.15) is 13.8 Å². The number of hydrogen-bond donors (Lipinski definition) is 0. The third kappa shape index (κ3) is 43.9. The van der Waals surface area contributed by atoms with E-state index in [0.717, 1.165) is 13.2 Å². The van der Waals surface area contributed by atoms with Crippen molar-refractivity contribution in [2.75, 3.05) is 13.2 Å². The molecule has 5 heteroatoms. The van der Waals surface area contributed by atoms with Crippen LogP contribution in [0.3, 0.4) is 0 Å². The molecular formula is C4H10Cl3GaO. The van der Waals surface area contributed by atoms with Crippen molar-refractivity contribution in [1.82, 2.24) is 0 Å². The summed E-state index contributed by atoms with van der Waals surface area (Å²) in [4.78, 5) is 0. The van der Waals surface area contributed by atoms with Crippen LogP contribution in [0, 0.1) is 0 Å². The Kier molecular flexibility index (Phi) is 119. The average molecular weight is 250 g/mol. The van der Waals surface area contributed by atoms with E-state index in [1.54, 1.807) is 0 Å². The molecule has 0 aromatic rings. The fourth-order valence-corrected chi connectivity index (χ4v) is 0.204. The van der Waals surface area contributed by atoms with Gasteiger partial charge in [-0.25, -0.2) is 0 Å². The Morgan fingerprint density at radius 1 is 0.889 bits per heavy atom. The average Bonchev–Trinajstić information content (AvgIpc) is 1.41. The zero-order valence-corrected chi connectivity index (χ0v) is 10.2. The number of halogens is 3. The molecule has 1 nitrogen and oxygen atoms in total. The normalized spacial score (nSPS) is 4.67. The van der Waals surface area contributed by atoms with E-state index in [1.165, 1.54) is 0 Å². The van der Waals surface area contributed by atoms with Gasteiger partial charge in [0, 0.05) is 13.2 Å². The van der Waals surface area contributed by atoms with Gasteiger partial charge in [-0.3, -0.25) is 0 Å². The fraction of sp³-hybridized carbons (Fsp3) is 1.00. The van der Waals surface area contributed by atoms with E-state index >= 15 is 0 Å². The Bertz CT molecular complexity index is 23.3. The van der Waals surface area contributed by atoms with Gasteiger partial charge in [0.05, 0.1) is 0 Å². The molecule has 0 radical (unpaired) electrons. The Morgan fingerprint density at radius 3 is 1.11 bits per heavy atom. The van der Waals surface area contributed by atoms with Gasteiger partial charge < -0.3 is 42.0 Å². The van der Waals surface area contributed by atoms with E-state index in [-0.39, 0.29) is 57.0 Å². The number of ether oxygens (including phenoxy) is 1. The molecule has 0 aromatic carbocycles. The first-order valence-corrected chi connectivity index (χ1v) is 1.99. The Hall–Kier alpha value is 1.47. The predicted octanol–water partition coefficient (Wildman–Crippen LogP) is -8.33. The molecule has 0 aliphatic heterocycles. The maximum Gasteiger partial charge on any atom is 3.00 e. The van der Waals surface area contributed by atoms with E-state index in [4.69, 9.17) is 4.74 Å². The third-order valence-corrected chi connectivity index (χ3v) is 0.408. The van der Waals surface area contributed by atoms with Crippen LogP contribution in [0.5, 0.6) is 0 Å². The summed E-state index contributed by atoms with van der Waals surface area (Å²) in [6.45, 7) is 5.67. The maximum atomic E-state index is 4.83. The fourth-order valence-electron chi connectivity index (χ4n) is 0.204. The van der Waals surface area contributed by atoms with Gasteiger partial charge >= 0.3 is 19.8 Å². The van der Waals surface area contributed by atoms with Crippen LogP contribution in [-0.2, 0) is 4.74 Å². The topological polar surface area (TPSA) is 9.23 Å². The van der Waals surface area contributed by atoms with Crippen molar-refractivity contribution in [1.29, 1.82) is 0 Å². The second-order valence-electron chi connectivity index (χ2n) is 0.781. The van der Waals surface area contributed by atoms with Gasteiger partial charge in [-0.1, -0.05) is 0 Å². The van der Waals surface area contributed by atoms with E-state index in [1.807, 2.05) is 13.8 Å². The minimum absolute atomic E-state index is 0. The van der Waals surface area contributed by atoms with Gasteiger partial charge in [-0.05, 0) is 13.8 Å². The summed E-state index contributed by atoms with van der Waals surface area (Å²) in [5.74, 6) is 0. The molecule has 0 amide bonds. The molecule has 0 rings (SSSR count).